The number of carbonyl (C=O) groups is 1. The third-order valence-corrected chi connectivity index (χ3v) is 7.67. The van der Waals surface area contributed by atoms with E-state index in [9.17, 15) is 15.0 Å². The third kappa shape index (κ3) is 32.8. The van der Waals surface area contributed by atoms with Crippen LogP contribution in [0.4, 0.5) is 0 Å². The number of allylic oxidation sites excluding steroid dienone is 14. The Morgan fingerprint density at radius 2 is 0.978 bits per heavy atom. The van der Waals surface area contributed by atoms with Gasteiger partial charge in [0, 0.05) is 6.42 Å². The summed E-state index contributed by atoms with van der Waals surface area (Å²) < 4.78 is 0. The van der Waals surface area contributed by atoms with Crippen LogP contribution in [0.25, 0.3) is 0 Å². The highest BCUT2D eigenvalue weighted by Crippen LogP contribution is 2.12. The lowest BCUT2D eigenvalue weighted by Gasteiger charge is -2.22. The molecule has 0 aromatic carbocycles. The predicted octanol–water partition coefficient (Wildman–Crippen LogP) is 10.9. The van der Waals surface area contributed by atoms with Crippen molar-refractivity contribution in [2.75, 3.05) is 6.61 Å². The van der Waals surface area contributed by atoms with Crippen molar-refractivity contribution in [3.63, 3.8) is 0 Å². The van der Waals surface area contributed by atoms with Crippen molar-refractivity contribution in [3.8, 4) is 0 Å². The van der Waals surface area contributed by atoms with Crippen LogP contribution in [-0.2, 0) is 4.79 Å². The molecule has 0 aromatic rings. The number of aliphatic hydroxyl groups excluding tert-OH is 2. The smallest absolute Gasteiger partial charge is 0.220 e. The van der Waals surface area contributed by atoms with Crippen LogP contribution in [0.2, 0.25) is 0 Å². The average Bonchev–Trinajstić information content (AvgIpc) is 3.04. The summed E-state index contributed by atoms with van der Waals surface area (Å²) in [7, 11) is 0. The molecule has 45 heavy (non-hydrogen) atoms. The molecule has 1 amide bonds. The maximum Gasteiger partial charge on any atom is 0.220 e. The van der Waals surface area contributed by atoms with Crippen LogP contribution in [-0.4, -0.2) is 34.9 Å². The van der Waals surface area contributed by atoms with Gasteiger partial charge in [0.2, 0.25) is 5.91 Å². The van der Waals surface area contributed by atoms with Crippen LogP contribution in [0.1, 0.15) is 149 Å². The quantitative estimate of drug-likeness (QED) is 0.0531. The first-order valence-electron chi connectivity index (χ1n) is 18.3. The summed E-state index contributed by atoms with van der Waals surface area (Å²) in [6.07, 6.45) is 52.3. The zero-order valence-corrected chi connectivity index (χ0v) is 29.1. The van der Waals surface area contributed by atoms with Crippen molar-refractivity contribution in [2.24, 2.45) is 0 Å². The Bertz CT molecular complexity index is 849. The number of rotatable bonds is 31. The molecule has 0 aliphatic carbocycles. The largest absolute Gasteiger partial charge is 0.394 e. The molecule has 0 radical (unpaired) electrons. The second-order valence-corrected chi connectivity index (χ2v) is 11.9. The molecule has 2 atom stereocenters. The molecule has 4 heteroatoms. The third-order valence-electron chi connectivity index (χ3n) is 7.67. The first-order chi connectivity index (χ1) is 22.2. The van der Waals surface area contributed by atoms with Gasteiger partial charge < -0.3 is 15.5 Å². The van der Waals surface area contributed by atoms with Crippen molar-refractivity contribution in [3.05, 3.63) is 85.1 Å². The predicted molar refractivity (Wildman–Crippen MR) is 197 cm³/mol. The molecule has 0 spiro atoms. The van der Waals surface area contributed by atoms with Crippen LogP contribution in [0.3, 0.4) is 0 Å². The summed E-state index contributed by atoms with van der Waals surface area (Å²) in [4.78, 5) is 12.2. The zero-order chi connectivity index (χ0) is 32.9. The van der Waals surface area contributed by atoms with E-state index in [-0.39, 0.29) is 12.5 Å². The number of hydrogen-bond acceptors (Lipinski definition) is 3. The van der Waals surface area contributed by atoms with Gasteiger partial charge in [-0.2, -0.15) is 0 Å². The number of hydrogen-bond donors (Lipinski definition) is 3. The van der Waals surface area contributed by atoms with E-state index >= 15 is 0 Å². The lowest BCUT2D eigenvalue weighted by atomic mass is 10.0. The number of aliphatic hydroxyl groups is 2. The fourth-order valence-corrected chi connectivity index (χ4v) is 4.87. The first-order valence-corrected chi connectivity index (χ1v) is 18.3. The molecule has 0 saturated carbocycles. The van der Waals surface area contributed by atoms with Crippen LogP contribution in [0.5, 0.6) is 0 Å². The van der Waals surface area contributed by atoms with Gasteiger partial charge in [0.1, 0.15) is 0 Å². The summed E-state index contributed by atoms with van der Waals surface area (Å²) >= 11 is 0. The summed E-state index contributed by atoms with van der Waals surface area (Å²) in [5.41, 5.74) is 0. The van der Waals surface area contributed by atoms with E-state index in [0.717, 1.165) is 83.5 Å². The monoisotopic (exact) mass is 624 g/mol. The fraction of sp³-hybridized carbons (Fsp3) is 0.634. The second-order valence-electron chi connectivity index (χ2n) is 11.9. The molecule has 3 N–H and O–H groups in total. The maximum atomic E-state index is 12.2. The van der Waals surface area contributed by atoms with Gasteiger partial charge in [-0.25, -0.2) is 0 Å². The summed E-state index contributed by atoms with van der Waals surface area (Å²) in [6.45, 7) is 4.15. The lowest BCUT2D eigenvalue weighted by molar-refractivity contribution is -0.123. The van der Waals surface area contributed by atoms with Crippen LogP contribution in [0, 0.1) is 0 Å². The van der Waals surface area contributed by atoms with Gasteiger partial charge in [-0.3, -0.25) is 4.79 Å². The molecule has 0 saturated heterocycles. The van der Waals surface area contributed by atoms with E-state index in [4.69, 9.17) is 0 Å². The maximum absolute atomic E-state index is 12.2. The van der Waals surface area contributed by atoms with E-state index < -0.39 is 12.1 Å². The standard InChI is InChI=1S/C41H69NO3/c1-3-5-7-9-11-12-13-14-15-16-17-18-19-20-21-22-23-24-25-26-27-28-29-30-31-33-35-37-41(45)42-39(38-43)40(44)36-34-32-10-8-6-4-2/h5,7,11-12,14-15,17-18,20-21,23-24,26-27,39-40,43-44H,3-4,6,8-10,13,16,19,22,25,28-38H2,1-2H3,(H,42,45)/b7-5-,12-11-,15-14-,18-17-,21-20-,24-23-,27-26-. The Balaban J connectivity index is 3.66. The van der Waals surface area contributed by atoms with Crippen LogP contribution in [0.15, 0.2) is 85.1 Å². The van der Waals surface area contributed by atoms with Gasteiger partial charge in [-0.05, 0) is 70.6 Å². The molecule has 0 bridgehead atoms. The molecule has 256 valence electrons. The van der Waals surface area contributed by atoms with Gasteiger partial charge in [0.15, 0.2) is 0 Å². The SMILES string of the molecule is CC/C=C\C/C=C\C/C=C\C/C=C\C/C=C\C/C=C\C/C=C\CCCCCCCC(=O)NC(CO)C(O)CCCCCCCC. The molecule has 0 fully saturated rings. The van der Waals surface area contributed by atoms with Crippen LogP contribution >= 0.6 is 0 Å². The van der Waals surface area contributed by atoms with E-state index in [1.165, 1.54) is 38.5 Å². The van der Waals surface area contributed by atoms with E-state index in [1.54, 1.807) is 0 Å². The Labute approximate surface area is 278 Å². The molecule has 0 aromatic heterocycles. The molecule has 2 unspecified atom stereocenters. The molecule has 0 aliphatic heterocycles. The molecule has 0 heterocycles. The number of unbranched alkanes of at least 4 members (excludes halogenated alkanes) is 10. The average molecular weight is 624 g/mol. The molecule has 0 aliphatic rings. The van der Waals surface area contributed by atoms with Gasteiger partial charge in [-0.1, -0.05) is 157 Å². The Morgan fingerprint density at radius 3 is 1.47 bits per heavy atom. The fourth-order valence-electron chi connectivity index (χ4n) is 4.87. The number of amides is 1. The van der Waals surface area contributed by atoms with Gasteiger partial charge in [0.05, 0.1) is 18.8 Å². The van der Waals surface area contributed by atoms with Gasteiger partial charge in [-0.15, -0.1) is 0 Å². The van der Waals surface area contributed by atoms with E-state index in [0.29, 0.717) is 12.8 Å². The Kier molecular flexibility index (Phi) is 34.1. The molecular formula is C41H69NO3. The highest BCUT2D eigenvalue weighted by Gasteiger charge is 2.19. The van der Waals surface area contributed by atoms with E-state index in [1.807, 2.05) is 0 Å². The van der Waals surface area contributed by atoms with Crippen molar-refractivity contribution in [1.29, 1.82) is 0 Å². The molecule has 4 nitrogen and oxygen atoms in total. The minimum atomic E-state index is -0.669. The van der Waals surface area contributed by atoms with Crippen LogP contribution < -0.4 is 5.32 Å². The summed E-state index contributed by atoms with van der Waals surface area (Å²) in [5.74, 6) is -0.0617. The summed E-state index contributed by atoms with van der Waals surface area (Å²) in [6, 6.07) is -0.548. The van der Waals surface area contributed by atoms with Crippen molar-refractivity contribution < 1.29 is 15.0 Å². The highest BCUT2D eigenvalue weighted by atomic mass is 16.3. The van der Waals surface area contributed by atoms with Gasteiger partial charge in [0.25, 0.3) is 0 Å². The minimum absolute atomic E-state index is 0.0617. The van der Waals surface area contributed by atoms with Crippen molar-refractivity contribution >= 4 is 5.91 Å². The zero-order valence-electron chi connectivity index (χ0n) is 29.1. The van der Waals surface area contributed by atoms with E-state index in [2.05, 4.69) is 104 Å². The number of carbonyl (C=O) groups excluding carboxylic acids is 1. The summed E-state index contributed by atoms with van der Waals surface area (Å²) in [5, 5.41) is 22.8. The highest BCUT2D eigenvalue weighted by molar-refractivity contribution is 5.76. The molecular weight excluding hydrogens is 554 g/mol. The Morgan fingerprint density at radius 1 is 0.556 bits per heavy atom. The lowest BCUT2D eigenvalue weighted by Crippen LogP contribution is -2.45. The van der Waals surface area contributed by atoms with Crippen molar-refractivity contribution in [1.82, 2.24) is 5.32 Å². The first kappa shape index (κ1) is 42.6. The van der Waals surface area contributed by atoms with Gasteiger partial charge >= 0.3 is 0 Å². The molecule has 0 rings (SSSR count). The minimum Gasteiger partial charge on any atom is -0.394 e. The Hall–Kier alpha value is -2.43. The number of nitrogens with one attached hydrogen (secondary N) is 1. The topological polar surface area (TPSA) is 69.6 Å². The van der Waals surface area contributed by atoms with Crippen molar-refractivity contribution in [2.45, 2.75) is 161 Å². The second kappa shape index (κ2) is 36.0. The normalized spacial score (nSPS) is 14.1.